The maximum atomic E-state index is 12.7. The van der Waals surface area contributed by atoms with Gasteiger partial charge in [-0.05, 0) is 36.2 Å². The number of aromatic nitrogens is 1. The first-order valence-electron chi connectivity index (χ1n) is 10.1. The van der Waals surface area contributed by atoms with Gasteiger partial charge in [-0.1, -0.05) is 36.1 Å². The molecule has 7 nitrogen and oxygen atoms in total. The minimum atomic E-state index is -0.405. The van der Waals surface area contributed by atoms with Crippen LogP contribution in [0.15, 0.2) is 54.7 Å². The summed E-state index contributed by atoms with van der Waals surface area (Å²) in [4.78, 5) is 27.0. The van der Waals surface area contributed by atoms with Gasteiger partial charge in [0, 0.05) is 48.2 Å². The third-order valence-corrected chi connectivity index (χ3v) is 4.82. The third-order valence-electron chi connectivity index (χ3n) is 4.82. The van der Waals surface area contributed by atoms with Crippen LogP contribution >= 0.6 is 0 Å². The summed E-state index contributed by atoms with van der Waals surface area (Å²) >= 11 is 0. The second kappa shape index (κ2) is 10.9. The Balaban J connectivity index is 1.60. The molecule has 0 fully saturated rings. The van der Waals surface area contributed by atoms with Gasteiger partial charge in [-0.2, -0.15) is 0 Å². The molecule has 0 spiro atoms. The highest BCUT2D eigenvalue weighted by Crippen LogP contribution is 2.19. The lowest BCUT2D eigenvalue weighted by atomic mass is 10.0. The van der Waals surface area contributed by atoms with Gasteiger partial charge in [0.25, 0.3) is 5.91 Å². The molecular formula is C24H26N4O3. The van der Waals surface area contributed by atoms with Crippen molar-refractivity contribution in [2.45, 2.75) is 18.9 Å². The van der Waals surface area contributed by atoms with Gasteiger partial charge in [-0.3, -0.25) is 4.79 Å². The van der Waals surface area contributed by atoms with Crippen LogP contribution in [0.5, 0.6) is 0 Å². The van der Waals surface area contributed by atoms with Crippen LogP contribution in [0, 0.1) is 11.8 Å². The van der Waals surface area contributed by atoms with Gasteiger partial charge in [0.05, 0.1) is 12.6 Å². The van der Waals surface area contributed by atoms with Gasteiger partial charge >= 0.3 is 6.03 Å². The average molecular weight is 418 g/mol. The lowest BCUT2D eigenvalue weighted by Crippen LogP contribution is -2.39. The predicted molar refractivity (Wildman–Crippen MR) is 121 cm³/mol. The Morgan fingerprint density at radius 1 is 1.16 bits per heavy atom. The lowest BCUT2D eigenvalue weighted by Gasteiger charge is -2.16. The normalized spacial score (nSPS) is 11.3. The maximum Gasteiger partial charge on any atom is 0.314 e. The first-order valence-corrected chi connectivity index (χ1v) is 10.1. The minimum Gasteiger partial charge on any atom is -0.394 e. The van der Waals surface area contributed by atoms with Crippen LogP contribution in [0.1, 0.15) is 27.9 Å². The number of para-hydroxylation sites is 1. The van der Waals surface area contributed by atoms with E-state index in [1.807, 2.05) is 36.5 Å². The first kappa shape index (κ1) is 21.9. The summed E-state index contributed by atoms with van der Waals surface area (Å²) in [6.07, 6.45) is 2.93. The second-order valence-corrected chi connectivity index (χ2v) is 7.06. The summed E-state index contributed by atoms with van der Waals surface area (Å²) in [5.41, 5.74) is 3.26. The Kier molecular flexibility index (Phi) is 7.68. The number of fused-ring (bicyclic) bond motifs is 1. The molecule has 2 aromatic carbocycles. The highest BCUT2D eigenvalue weighted by Gasteiger charge is 2.16. The summed E-state index contributed by atoms with van der Waals surface area (Å²) in [6, 6.07) is 14.3. The number of carbonyl (C=O) groups excluding carboxylic acids is 2. The van der Waals surface area contributed by atoms with E-state index in [4.69, 9.17) is 0 Å². The standard InChI is InChI=1S/C24H26N4O3/c1-25-24(31)26-12-5-4-7-17-8-6-9-18(13-17)23(30)28-20(16-29)14-19-15-27-22-11-3-2-10-21(19)22/h2-3,6,8-11,13,15,20,27,29H,5,12,14,16H2,1H3,(H,28,30)(H2,25,26,31)/t20-/m1/s1. The van der Waals surface area contributed by atoms with Gasteiger partial charge < -0.3 is 26.0 Å². The van der Waals surface area contributed by atoms with Crippen LogP contribution in [0.2, 0.25) is 0 Å². The second-order valence-electron chi connectivity index (χ2n) is 7.06. The van der Waals surface area contributed by atoms with E-state index in [9.17, 15) is 14.7 Å². The molecule has 0 bridgehead atoms. The molecule has 7 heteroatoms. The number of hydrogen-bond acceptors (Lipinski definition) is 3. The number of rotatable bonds is 7. The van der Waals surface area contributed by atoms with E-state index in [1.165, 1.54) is 0 Å². The van der Waals surface area contributed by atoms with E-state index >= 15 is 0 Å². The number of urea groups is 1. The number of nitrogens with one attached hydrogen (secondary N) is 4. The fraction of sp³-hybridized carbons (Fsp3) is 0.250. The van der Waals surface area contributed by atoms with Crippen molar-refractivity contribution in [1.82, 2.24) is 20.9 Å². The molecule has 0 aliphatic carbocycles. The van der Waals surface area contributed by atoms with Crippen LogP contribution in [0.25, 0.3) is 10.9 Å². The van der Waals surface area contributed by atoms with Crippen molar-refractivity contribution in [2.75, 3.05) is 20.2 Å². The molecule has 0 unspecified atom stereocenters. The fourth-order valence-electron chi connectivity index (χ4n) is 3.23. The van der Waals surface area contributed by atoms with Crippen molar-refractivity contribution in [3.63, 3.8) is 0 Å². The topological polar surface area (TPSA) is 106 Å². The van der Waals surface area contributed by atoms with E-state index in [-0.39, 0.29) is 18.5 Å². The number of benzene rings is 2. The zero-order chi connectivity index (χ0) is 22.1. The molecule has 3 aromatic rings. The molecule has 1 atom stereocenters. The smallest absolute Gasteiger partial charge is 0.314 e. The summed E-state index contributed by atoms with van der Waals surface area (Å²) in [5, 5.41) is 18.9. The zero-order valence-corrected chi connectivity index (χ0v) is 17.4. The zero-order valence-electron chi connectivity index (χ0n) is 17.4. The Morgan fingerprint density at radius 3 is 2.81 bits per heavy atom. The van der Waals surface area contributed by atoms with Gasteiger partial charge in [0.15, 0.2) is 0 Å². The Bertz CT molecular complexity index is 1110. The molecule has 160 valence electrons. The van der Waals surface area contributed by atoms with Gasteiger partial charge in [0.1, 0.15) is 0 Å². The summed E-state index contributed by atoms with van der Waals surface area (Å²) in [5.74, 6) is 5.72. The molecule has 0 saturated heterocycles. The quantitative estimate of drug-likeness (QED) is 0.300. The Hall–Kier alpha value is -3.76. The predicted octanol–water partition coefficient (Wildman–Crippen LogP) is 2.17. The van der Waals surface area contributed by atoms with Crippen molar-refractivity contribution in [3.8, 4) is 11.8 Å². The number of carbonyl (C=O) groups is 2. The van der Waals surface area contributed by atoms with E-state index in [0.717, 1.165) is 16.5 Å². The van der Waals surface area contributed by atoms with Crippen molar-refractivity contribution in [3.05, 3.63) is 71.4 Å². The molecule has 0 aliphatic rings. The van der Waals surface area contributed by atoms with Crippen LogP contribution in [0.4, 0.5) is 4.79 Å². The van der Waals surface area contributed by atoms with E-state index < -0.39 is 6.04 Å². The van der Waals surface area contributed by atoms with E-state index in [0.29, 0.717) is 30.5 Å². The van der Waals surface area contributed by atoms with Crippen LogP contribution in [-0.2, 0) is 6.42 Å². The van der Waals surface area contributed by atoms with Gasteiger partial charge in [0.2, 0.25) is 0 Å². The number of aromatic amines is 1. The van der Waals surface area contributed by atoms with Crippen LogP contribution < -0.4 is 16.0 Å². The van der Waals surface area contributed by atoms with Crippen molar-refractivity contribution < 1.29 is 14.7 Å². The molecule has 0 saturated carbocycles. The molecule has 31 heavy (non-hydrogen) atoms. The lowest BCUT2D eigenvalue weighted by molar-refractivity contribution is 0.0916. The maximum absolute atomic E-state index is 12.7. The summed E-state index contributed by atoms with van der Waals surface area (Å²) in [7, 11) is 1.55. The number of H-pyrrole nitrogens is 1. The highest BCUT2D eigenvalue weighted by atomic mass is 16.3. The third kappa shape index (κ3) is 6.11. The van der Waals surface area contributed by atoms with Crippen molar-refractivity contribution in [2.24, 2.45) is 0 Å². The minimum absolute atomic E-state index is 0.164. The fourth-order valence-corrected chi connectivity index (χ4v) is 3.23. The number of amides is 3. The highest BCUT2D eigenvalue weighted by molar-refractivity contribution is 5.94. The molecule has 0 radical (unpaired) electrons. The number of hydrogen-bond donors (Lipinski definition) is 5. The summed E-state index contributed by atoms with van der Waals surface area (Å²) < 4.78 is 0. The van der Waals surface area contributed by atoms with Crippen LogP contribution in [0.3, 0.4) is 0 Å². The monoisotopic (exact) mass is 418 g/mol. The van der Waals surface area contributed by atoms with Crippen molar-refractivity contribution >= 4 is 22.8 Å². The first-order chi connectivity index (χ1) is 15.1. The largest absolute Gasteiger partial charge is 0.394 e. The van der Waals surface area contributed by atoms with Crippen molar-refractivity contribution in [1.29, 1.82) is 0 Å². The van der Waals surface area contributed by atoms with Crippen LogP contribution in [-0.4, -0.2) is 48.3 Å². The van der Waals surface area contributed by atoms with E-state index in [1.54, 1.807) is 25.2 Å². The molecule has 5 N–H and O–H groups in total. The Labute approximate surface area is 181 Å². The average Bonchev–Trinajstić information content (AvgIpc) is 3.21. The van der Waals surface area contributed by atoms with Gasteiger partial charge in [-0.15, -0.1) is 0 Å². The Morgan fingerprint density at radius 2 is 2.00 bits per heavy atom. The number of aliphatic hydroxyl groups excluding tert-OH is 1. The molecule has 1 aromatic heterocycles. The SMILES string of the molecule is CNC(=O)NCCC#Cc1cccc(C(=O)N[C@@H](CO)Cc2c[nH]c3ccccc23)c1. The molecule has 0 aliphatic heterocycles. The molecule has 3 amide bonds. The molecule has 3 rings (SSSR count). The molecule has 1 heterocycles. The van der Waals surface area contributed by atoms with Gasteiger partial charge in [-0.25, -0.2) is 4.79 Å². The summed E-state index contributed by atoms with van der Waals surface area (Å²) in [6.45, 7) is 0.280. The number of aliphatic hydroxyl groups is 1. The molecular weight excluding hydrogens is 392 g/mol. The van der Waals surface area contributed by atoms with E-state index in [2.05, 4.69) is 32.8 Å².